The molecule has 1 aromatic carbocycles. The lowest BCUT2D eigenvalue weighted by atomic mass is 9.85. The number of likely N-dealkylation sites (N-methyl/N-ethyl adjacent to an activating group) is 1. The summed E-state index contributed by atoms with van der Waals surface area (Å²) >= 11 is 0. The Labute approximate surface area is 157 Å². The Bertz CT molecular complexity index is 603. The molecule has 2 amide bonds. The molecule has 1 aliphatic heterocycles. The number of hydrogen-bond donors (Lipinski definition) is 2. The van der Waals surface area contributed by atoms with Gasteiger partial charge in [0.2, 0.25) is 11.8 Å². The van der Waals surface area contributed by atoms with Gasteiger partial charge in [0.05, 0.1) is 6.54 Å². The summed E-state index contributed by atoms with van der Waals surface area (Å²) < 4.78 is 0. The first-order valence-corrected chi connectivity index (χ1v) is 9.77. The van der Waals surface area contributed by atoms with Crippen molar-refractivity contribution in [3.8, 4) is 0 Å². The number of hydrogen-bond acceptors (Lipinski definition) is 3. The van der Waals surface area contributed by atoms with E-state index in [1.807, 2.05) is 39.0 Å². The third kappa shape index (κ3) is 5.56. The zero-order valence-corrected chi connectivity index (χ0v) is 16.6. The predicted molar refractivity (Wildman–Crippen MR) is 106 cm³/mol. The van der Waals surface area contributed by atoms with E-state index in [1.54, 1.807) is 4.90 Å². The molecule has 2 unspecified atom stereocenters. The van der Waals surface area contributed by atoms with Crippen LogP contribution in [0.5, 0.6) is 0 Å². The van der Waals surface area contributed by atoms with E-state index >= 15 is 0 Å². The van der Waals surface area contributed by atoms with Gasteiger partial charge < -0.3 is 15.5 Å². The summed E-state index contributed by atoms with van der Waals surface area (Å²) in [6, 6.07) is 5.93. The average Bonchev–Trinajstić information content (AvgIpc) is 2.63. The summed E-state index contributed by atoms with van der Waals surface area (Å²) in [5.74, 6) is 0.827. The molecule has 1 saturated heterocycles. The molecule has 1 aliphatic rings. The number of piperidine rings is 1. The highest BCUT2D eigenvalue weighted by atomic mass is 16.2. The summed E-state index contributed by atoms with van der Waals surface area (Å²) in [6.45, 7) is 10.8. The Hall–Kier alpha value is -1.88. The molecular weight excluding hydrogens is 326 g/mol. The molecule has 2 rings (SSSR count). The van der Waals surface area contributed by atoms with E-state index in [-0.39, 0.29) is 18.4 Å². The third-order valence-corrected chi connectivity index (χ3v) is 5.45. The van der Waals surface area contributed by atoms with Gasteiger partial charge >= 0.3 is 0 Å². The van der Waals surface area contributed by atoms with Crippen LogP contribution in [0, 0.1) is 25.7 Å². The Balaban J connectivity index is 1.90. The zero-order chi connectivity index (χ0) is 19.1. The van der Waals surface area contributed by atoms with Crippen LogP contribution >= 0.6 is 0 Å². The number of anilines is 1. The molecule has 0 aliphatic carbocycles. The van der Waals surface area contributed by atoms with E-state index < -0.39 is 0 Å². The maximum absolute atomic E-state index is 12.7. The SMILES string of the molecule is CCN(CC(=O)Nc1c(C)cccc1C)C(=O)CC(C)C1CCCNC1. The molecule has 1 fully saturated rings. The van der Waals surface area contributed by atoms with Crippen molar-refractivity contribution in [2.24, 2.45) is 11.8 Å². The molecule has 0 bridgehead atoms. The van der Waals surface area contributed by atoms with Crippen LogP contribution in [0.3, 0.4) is 0 Å². The molecule has 144 valence electrons. The second kappa shape index (κ2) is 9.72. The average molecular weight is 360 g/mol. The maximum Gasteiger partial charge on any atom is 0.244 e. The quantitative estimate of drug-likeness (QED) is 0.786. The number of benzene rings is 1. The van der Waals surface area contributed by atoms with Crippen LogP contribution < -0.4 is 10.6 Å². The van der Waals surface area contributed by atoms with Gasteiger partial charge in [-0.2, -0.15) is 0 Å². The molecule has 5 nitrogen and oxygen atoms in total. The van der Waals surface area contributed by atoms with Gasteiger partial charge in [0.25, 0.3) is 0 Å². The molecular formula is C21H33N3O2. The van der Waals surface area contributed by atoms with Crippen molar-refractivity contribution >= 4 is 17.5 Å². The van der Waals surface area contributed by atoms with Crippen molar-refractivity contribution in [2.75, 3.05) is 31.5 Å². The highest BCUT2D eigenvalue weighted by Crippen LogP contribution is 2.23. The lowest BCUT2D eigenvalue weighted by molar-refractivity contribution is -0.135. The lowest BCUT2D eigenvalue weighted by Gasteiger charge is -2.29. The fourth-order valence-corrected chi connectivity index (χ4v) is 3.68. The minimum absolute atomic E-state index is 0.0715. The first-order valence-electron chi connectivity index (χ1n) is 9.77. The van der Waals surface area contributed by atoms with E-state index in [4.69, 9.17) is 0 Å². The third-order valence-electron chi connectivity index (χ3n) is 5.45. The second-order valence-corrected chi connectivity index (χ2v) is 7.51. The first kappa shape index (κ1) is 20.4. The molecule has 0 radical (unpaired) electrons. The van der Waals surface area contributed by atoms with Crippen molar-refractivity contribution in [3.63, 3.8) is 0 Å². The van der Waals surface area contributed by atoms with Gasteiger partial charge in [0, 0.05) is 18.7 Å². The van der Waals surface area contributed by atoms with Gasteiger partial charge in [-0.1, -0.05) is 25.1 Å². The number of nitrogens with zero attached hydrogens (tertiary/aromatic N) is 1. The summed E-state index contributed by atoms with van der Waals surface area (Å²) in [7, 11) is 0. The Morgan fingerprint density at radius 1 is 1.31 bits per heavy atom. The van der Waals surface area contributed by atoms with E-state index in [9.17, 15) is 9.59 Å². The van der Waals surface area contributed by atoms with Gasteiger partial charge in [-0.15, -0.1) is 0 Å². The van der Waals surface area contributed by atoms with Gasteiger partial charge in [-0.05, 0) is 69.7 Å². The van der Waals surface area contributed by atoms with E-state index in [1.165, 1.54) is 12.8 Å². The van der Waals surface area contributed by atoms with Crippen molar-refractivity contribution in [1.29, 1.82) is 0 Å². The molecule has 2 atom stereocenters. The van der Waals surface area contributed by atoms with Crippen LogP contribution in [0.25, 0.3) is 0 Å². The fraction of sp³-hybridized carbons (Fsp3) is 0.619. The standard InChI is InChI=1S/C21H33N3O2/c1-5-24(20(26)12-17(4)18-10-7-11-22-13-18)14-19(25)23-21-15(2)8-6-9-16(21)3/h6,8-9,17-18,22H,5,7,10-14H2,1-4H3,(H,23,25). The van der Waals surface area contributed by atoms with Crippen LogP contribution in [0.1, 0.15) is 44.2 Å². The fourth-order valence-electron chi connectivity index (χ4n) is 3.68. The first-order chi connectivity index (χ1) is 12.4. The van der Waals surface area contributed by atoms with Gasteiger partial charge in [0.1, 0.15) is 0 Å². The highest BCUT2D eigenvalue weighted by molar-refractivity contribution is 5.95. The number of carbonyl (C=O) groups is 2. The van der Waals surface area contributed by atoms with Crippen molar-refractivity contribution < 1.29 is 9.59 Å². The van der Waals surface area contributed by atoms with Crippen LogP contribution in [0.2, 0.25) is 0 Å². The monoisotopic (exact) mass is 359 g/mol. The highest BCUT2D eigenvalue weighted by Gasteiger charge is 2.25. The van der Waals surface area contributed by atoms with Gasteiger partial charge in [0.15, 0.2) is 0 Å². The summed E-state index contributed by atoms with van der Waals surface area (Å²) in [4.78, 5) is 26.8. The Kier molecular flexibility index (Phi) is 7.64. The number of rotatable bonds is 7. The molecule has 5 heteroatoms. The minimum Gasteiger partial charge on any atom is -0.334 e. The Morgan fingerprint density at radius 3 is 2.58 bits per heavy atom. The maximum atomic E-state index is 12.7. The molecule has 0 aromatic heterocycles. The van der Waals surface area contributed by atoms with Crippen LogP contribution in [-0.4, -0.2) is 42.9 Å². The van der Waals surface area contributed by atoms with Crippen LogP contribution in [0.15, 0.2) is 18.2 Å². The van der Waals surface area contributed by atoms with E-state index in [2.05, 4.69) is 17.6 Å². The second-order valence-electron chi connectivity index (χ2n) is 7.51. The summed E-state index contributed by atoms with van der Waals surface area (Å²) in [6.07, 6.45) is 2.87. The predicted octanol–water partition coefficient (Wildman–Crippen LogP) is 3.12. The number of para-hydroxylation sites is 1. The van der Waals surface area contributed by atoms with E-state index in [0.717, 1.165) is 29.9 Å². The van der Waals surface area contributed by atoms with Gasteiger partial charge in [-0.25, -0.2) is 0 Å². The van der Waals surface area contributed by atoms with Crippen molar-refractivity contribution in [1.82, 2.24) is 10.2 Å². The zero-order valence-electron chi connectivity index (χ0n) is 16.6. The van der Waals surface area contributed by atoms with Gasteiger partial charge in [-0.3, -0.25) is 9.59 Å². The van der Waals surface area contributed by atoms with Crippen LogP contribution in [0.4, 0.5) is 5.69 Å². The van der Waals surface area contributed by atoms with Crippen LogP contribution in [-0.2, 0) is 9.59 Å². The smallest absolute Gasteiger partial charge is 0.244 e. The minimum atomic E-state index is -0.135. The Morgan fingerprint density at radius 2 is 2.00 bits per heavy atom. The number of amides is 2. The van der Waals surface area contributed by atoms with Crippen molar-refractivity contribution in [2.45, 2.75) is 47.0 Å². The normalized spacial score (nSPS) is 18.2. The van der Waals surface area contributed by atoms with Crippen molar-refractivity contribution in [3.05, 3.63) is 29.3 Å². The summed E-state index contributed by atoms with van der Waals surface area (Å²) in [5.41, 5.74) is 2.92. The molecule has 2 N–H and O–H groups in total. The topological polar surface area (TPSA) is 61.4 Å². The molecule has 0 saturated carbocycles. The molecule has 0 spiro atoms. The molecule has 1 heterocycles. The number of carbonyl (C=O) groups excluding carboxylic acids is 2. The molecule has 26 heavy (non-hydrogen) atoms. The van der Waals surface area contributed by atoms with E-state index in [0.29, 0.717) is 24.8 Å². The summed E-state index contributed by atoms with van der Waals surface area (Å²) in [5, 5.41) is 6.39. The number of aryl methyl sites for hydroxylation is 2. The number of nitrogens with one attached hydrogen (secondary N) is 2. The lowest BCUT2D eigenvalue weighted by Crippen LogP contribution is -2.40. The largest absolute Gasteiger partial charge is 0.334 e. The molecule has 1 aromatic rings.